The van der Waals surface area contributed by atoms with Crippen molar-refractivity contribution in [3.63, 3.8) is 0 Å². The highest BCUT2D eigenvalue weighted by Gasteiger charge is 2.28. The Morgan fingerprint density at radius 3 is 2.28 bits per heavy atom. The quantitative estimate of drug-likeness (QED) is 0.630. The number of ether oxygens (including phenoxy) is 2. The zero-order valence-corrected chi connectivity index (χ0v) is 11.5. The fourth-order valence-electron chi connectivity index (χ4n) is 1.45. The molecule has 0 atom stereocenters. The zero-order valence-electron chi connectivity index (χ0n) is 9.91. The molecule has 6 heteroatoms. The molecule has 0 unspecified atom stereocenters. The van der Waals surface area contributed by atoms with Gasteiger partial charge in [0.25, 0.3) is 0 Å². The van der Waals surface area contributed by atoms with Crippen molar-refractivity contribution in [2.75, 3.05) is 14.2 Å². The van der Waals surface area contributed by atoms with Crippen LogP contribution in [0.1, 0.15) is 5.56 Å². The van der Waals surface area contributed by atoms with E-state index in [1.807, 2.05) is 0 Å². The molecule has 0 spiro atoms. The largest absolute Gasteiger partial charge is 0.468 e. The maximum Gasteiger partial charge on any atom is 0.320 e. The molecule has 1 aromatic rings. The number of methoxy groups -OCH3 is 2. The van der Waals surface area contributed by atoms with E-state index in [1.165, 1.54) is 32.4 Å². The van der Waals surface area contributed by atoms with E-state index in [0.29, 0.717) is 5.56 Å². The van der Waals surface area contributed by atoms with Gasteiger partial charge in [-0.05, 0) is 40.0 Å². The molecule has 98 valence electrons. The molecule has 1 rings (SSSR count). The molecule has 4 nitrogen and oxygen atoms in total. The van der Waals surface area contributed by atoms with Crippen LogP contribution in [-0.4, -0.2) is 26.2 Å². The van der Waals surface area contributed by atoms with E-state index >= 15 is 0 Å². The van der Waals surface area contributed by atoms with Gasteiger partial charge in [-0.15, -0.1) is 0 Å². The molecule has 0 fully saturated rings. The Balaban J connectivity index is 2.92. The van der Waals surface area contributed by atoms with E-state index in [9.17, 15) is 14.0 Å². The highest BCUT2D eigenvalue weighted by atomic mass is 79.9. The molecule has 0 saturated heterocycles. The first-order chi connectivity index (χ1) is 8.49. The number of rotatable bonds is 4. The Morgan fingerprint density at radius 2 is 1.83 bits per heavy atom. The number of hydrogen-bond donors (Lipinski definition) is 0. The van der Waals surface area contributed by atoms with Crippen LogP contribution in [0.3, 0.4) is 0 Å². The predicted octanol–water partition coefficient (Wildman–Crippen LogP) is 2.09. The van der Waals surface area contributed by atoms with Gasteiger partial charge >= 0.3 is 11.9 Å². The summed E-state index contributed by atoms with van der Waals surface area (Å²) in [5.74, 6) is -2.81. The Bertz CT molecular complexity index is 445. The van der Waals surface area contributed by atoms with Crippen molar-refractivity contribution in [2.24, 2.45) is 5.92 Å². The smallest absolute Gasteiger partial charge is 0.320 e. The predicted molar refractivity (Wildman–Crippen MR) is 65.3 cm³/mol. The molecule has 0 aromatic heterocycles. The van der Waals surface area contributed by atoms with E-state index < -0.39 is 23.7 Å². The third-order valence-corrected chi connectivity index (χ3v) is 3.00. The number of esters is 2. The highest BCUT2D eigenvalue weighted by molar-refractivity contribution is 9.10. The van der Waals surface area contributed by atoms with Crippen molar-refractivity contribution >= 4 is 27.9 Å². The van der Waals surface area contributed by atoms with Gasteiger partial charge in [0.05, 0.1) is 18.7 Å². The van der Waals surface area contributed by atoms with Crippen molar-refractivity contribution in [1.29, 1.82) is 0 Å². The van der Waals surface area contributed by atoms with Crippen molar-refractivity contribution < 1.29 is 23.5 Å². The summed E-state index contributed by atoms with van der Waals surface area (Å²) < 4.78 is 22.4. The lowest BCUT2D eigenvalue weighted by Gasteiger charge is -2.12. The summed E-state index contributed by atoms with van der Waals surface area (Å²) >= 11 is 3.04. The van der Waals surface area contributed by atoms with Gasteiger partial charge in [-0.1, -0.05) is 6.07 Å². The first-order valence-corrected chi connectivity index (χ1v) is 5.88. The fourth-order valence-corrected chi connectivity index (χ4v) is 1.88. The molecule has 18 heavy (non-hydrogen) atoms. The topological polar surface area (TPSA) is 52.6 Å². The van der Waals surface area contributed by atoms with Crippen LogP contribution in [0.2, 0.25) is 0 Å². The van der Waals surface area contributed by atoms with E-state index in [1.54, 1.807) is 0 Å². The third-order valence-electron chi connectivity index (χ3n) is 2.40. The van der Waals surface area contributed by atoms with E-state index in [4.69, 9.17) is 0 Å². The number of benzene rings is 1. The molecule has 0 N–H and O–H groups in total. The summed E-state index contributed by atoms with van der Waals surface area (Å²) in [6, 6.07) is 4.26. The number of carbonyl (C=O) groups is 2. The minimum atomic E-state index is -1.04. The highest BCUT2D eigenvalue weighted by Crippen LogP contribution is 2.20. The van der Waals surface area contributed by atoms with Gasteiger partial charge in [-0.3, -0.25) is 9.59 Å². The first kappa shape index (κ1) is 14.6. The Hall–Kier alpha value is -1.43. The Kier molecular flexibility index (Phi) is 5.27. The van der Waals surface area contributed by atoms with Crippen LogP contribution in [-0.2, 0) is 25.5 Å². The molecule has 0 aliphatic carbocycles. The molecule has 0 aliphatic heterocycles. The molecule has 0 amide bonds. The second-order valence-electron chi connectivity index (χ2n) is 3.55. The SMILES string of the molecule is COC(=O)C(Cc1ccc(F)c(Br)c1)C(=O)OC. The van der Waals surface area contributed by atoms with Crippen LogP contribution in [0.5, 0.6) is 0 Å². The second-order valence-corrected chi connectivity index (χ2v) is 4.41. The Morgan fingerprint density at radius 1 is 1.28 bits per heavy atom. The van der Waals surface area contributed by atoms with Crippen LogP contribution in [0, 0.1) is 11.7 Å². The van der Waals surface area contributed by atoms with Gasteiger partial charge in [0.1, 0.15) is 5.82 Å². The molecule has 0 radical (unpaired) electrons. The molecular formula is C12H12BrFO4. The van der Waals surface area contributed by atoms with Crippen molar-refractivity contribution in [2.45, 2.75) is 6.42 Å². The van der Waals surface area contributed by atoms with Crippen LogP contribution in [0.25, 0.3) is 0 Å². The zero-order chi connectivity index (χ0) is 13.7. The van der Waals surface area contributed by atoms with Crippen molar-refractivity contribution in [3.8, 4) is 0 Å². The maximum atomic E-state index is 13.1. The molecular weight excluding hydrogens is 307 g/mol. The third kappa shape index (κ3) is 3.53. The number of hydrogen-bond acceptors (Lipinski definition) is 4. The second kappa shape index (κ2) is 6.49. The van der Waals surface area contributed by atoms with Crippen molar-refractivity contribution in [1.82, 2.24) is 0 Å². The minimum absolute atomic E-state index is 0.0955. The summed E-state index contributed by atoms with van der Waals surface area (Å²) in [6.45, 7) is 0. The van der Waals surface area contributed by atoms with Crippen LogP contribution >= 0.6 is 15.9 Å². The van der Waals surface area contributed by atoms with E-state index in [0.717, 1.165) is 0 Å². The summed E-state index contributed by atoms with van der Waals surface area (Å²) in [4.78, 5) is 22.9. The average Bonchev–Trinajstić information content (AvgIpc) is 2.38. The number of carbonyl (C=O) groups excluding carboxylic acids is 2. The fraction of sp³-hybridized carbons (Fsp3) is 0.333. The van der Waals surface area contributed by atoms with Gasteiger partial charge in [0, 0.05) is 0 Å². The maximum absolute atomic E-state index is 13.1. The van der Waals surface area contributed by atoms with Gasteiger partial charge < -0.3 is 9.47 Å². The van der Waals surface area contributed by atoms with Gasteiger partial charge in [-0.25, -0.2) is 4.39 Å². The normalized spacial score (nSPS) is 10.3. The number of halogens is 2. The molecule has 0 saturated carbocycles. The van der Waals surface area contributed by atoms with E-state index in [2.05, 4.69) is 25.4 Å². The monoisotopic (exact) mass is 318 g/mol. The molecule has 0 heterocycles. The lowest BCUT2D eigenvalue weighted by Crippen LogP contribution is -2.28. The standard InChI is InChI=1S/C12H12BrFO4/c1-17-11(15)8(12(16)18-2)5-7-3-4-10(14)9(13)6-7/h3-4,6,8H,5H2,1-2H3. The van der Waals surface area contributed by atoms with Gasteiger partial charge in [0.15, 0.2) is 5.92 Å². The van der Waals surface area contributed by atoms with Crippen LogP contribution in [0.4, 0.5) is 4.39 Å². The summed E-state index contributed by atoms with van der Waals surface area (Å²) in [5, 5.41) is 0. The van der Waals surface area contributed by atoms with Crippen LogP contribution in [0.15, 0.2) is 22.7 Å². The average molecular weight is 319 g/mol. The molecule has 1 aromatic carbocycles. The van der Waals surface area contributed by atoms with E-state index in [-0.39, 0.29) is 10.9 Å². The molecule has 0 bridgehead atoms. The Labute approximate surface area is 112 Å². The first-order valence-electron chi connectivity index (χ1n) is 5.09. The molecule has 0 aliphatic rings. The van der Waals surface area contributed by atoms with Gasteiger partial charge in [0.2, 0.25) is 0 Å². The lowest BCUT2D eigenvalue weighted by atomic mass is 9.99. The lowest BCUT2D eigenvalue weighted by molar-refractivity contribution is -0.158. The van der Waals surface area contributed by atoms with Gasteiger partial charge in [-0.2, -0.15) is 0 Å². The van der Waals surface area contributed by atoms with Crippen LogP contribution < -0.4 is 0 Å². The summed E-state index contributed by atoms with van der Waals surface area (Å²) in [5.41, 5.74) is 0.629. The summed E-state index contributed by atoms with van der Waals surface area (Å²) in [7, 11) is 2.39. The van der Waals surface area contributed by atoms with Crippen molar-refractivity contribution in [3.05, 3.63) is 34.1 Å². The minimum Gasteiger partial charge on any atom is -0.468 e. The summed E-state index contributed by atoms with van der Waals surface area (Å²) in [6.07, 6.45) is 0.0955.